The Morgan fingerprint density at radius 1 is 1.04 bits per heavy atom. The Morgan fingerprint density at radius 2 is 1.88 bits per heavy atom. The molecule has 0 aliphatic heterocycles. The number of pyridine rings is 2. The van der Waals surface area contributed by atoms with Gasteiger partial charge in [0.1, 0.15) is 5.65 Å². The van der Waals surface area contributed by atoms with Crippen LogP contribution in [0.15, 0.2) is 61.1 Å². The van der Waals surface area contributed by atoms with Crippen molar-refractivity contribution in [3.05, 3.63) is 61.1 Å². The minimum Gasteiger partial charge on any atom is -0.481 e. The van der Waals surface area contributed by atoms with Gasteiger partial charge in [0.2, 0.25) is 5.88 Å². The summed E-state index contributed by atoms with van der Waals surface area (Å²) in [7, 11) is 1.63. The van der Waals surface area contributed by atoms with E-state index in [0.717, 1.165) is 39.0 Å². The Labute approximate surface area is 150 Å². The lowest BCUT2D eigenvalue weighted by molar-refractivity contribution is 0.400. The molecule has 0 spiro atoms. The molecule has 25 heavy (non-hydrogen) atoms. The Hall–Kier alpha value is -2.99. The van der Waals surface area contributed by atoms with Gasteiger partial charge in [0.05, 0.1) is 7.11 Å². The first kappa shape index (κ1) is 15.5. The van der Waals surface area contributed by atoms with E-state index in [-0.39, 0.29) is 0 Å². The predicted octanol–water partition coefficient (Wildman–Crippen LogP) is 4.56. The summed E-state index contributed by atoms with van der Waals surface area (Å²) in [6.45, 7) is 0. The van der Waals surface area contributed by atoms with E-state index in [1.165, 1.54) is 0 Å². The molecule has 4 aromatic rings. The lowest BCUT2D eigenvalue weighted by atomic mass is 10.0. The first-order chi connectivity index (χ1) is 12.3. The molecule has 0 saturated carbocycles. The number of fused-ring (bicyclic) bond motifs is 1. The third kappa shape index (κ3) is 2.81. The second kappa shape index (κ2) is 6.49. The highest BCUT2D eigenvalue weighted by molar-refractivity contribution is 7.81. The molecule has 5 nitrogen and oxygen atoms in total. The SMILES string of the molecule is COc1ncccc1-c1c[nH]c2ncc(-c3ccc(NS)cc3)cc12. The number of rotatable bonds is 4. The zero-order valence-electron chi connectivity index (χ0n) is 13.5. The fourth-order valence-electron chi connectivity index (χ4n) is 2.88. The van der Waals surface area contributed by atoms with Crippen molar-refractivity contribution in [1.29, 1.82) is 0 Å². The highest BCUT2D eigenvalue weighted by atomic mass is 32.1. The molecule has 0 bridgehead atoms. The lowest BCUT2D eigenvalue weighted by Crippen LogP contribution is -1.90. The van der Waals surface area contributed by atoms with Gasteiger partial charge in [-0.1, -0.05) is 24.9 Å². The molecular weight excluding hydrogens is 332 g/mol. The van der Waals surface area contributed by atoms with Crippen molar-refractivity contribution in [2.45, 2.75) is 0 Å². The highest BCUT2D eigenvalue weighted by Crippen LogP contribution is 2.34. The molecule has 4 rings (SSSR count). The number of thiol groups is 1. The molecule has 0 saturated heterocycles. The van der Waals surface area contributed by atoms with Gasteiger partial charge in [-0.2, -0.15) is 0 Å². The lowest BCUT2D eigenvalue weighted by Gasteiger charge is -2.07. The summed E-state index contributed by atoms with van der Waals surface area (Å²) in [5.41, 5.74) is 5.86. The summed E-state index contributed by atoms with van der Waals surface area (Å²) in [5, 5.41) is 1.03. The molecule has 2 N–H and O–H groups in total. The van der Waals surface area contributed by atoms with E-state index in [4.69, 9.17) is 4.74 Å². The van der Waals surface area contributed by atoms with Crippen molar-refractivity contribution < 1.29 is 4.74 Å². The maximum Gasteiger partial charge on any atom is 0.221 e. The monoisotopic (exact) mass is 348 g/mol. The maximum absolute atomic E-state index is 5.40. The molecule has 3 heterocycles. The van der Waals surface area contributed by atoms with Crippen LogP contribution in [-0.4, -0.2) is 22.1 Å². The van der Waals surface area contributed by atoms with Crippen LogP contribution in [0.25, 0.3) is 33.3 Å². The zero-order valence-corrected chi connectivity index (χ0v) is 14.4. The van der Waals surface area contributed by atoms with Crippen LogP contribution in [0.3, 0.4) is 0 Å². The second-order valence-electron chi connectivity index (χ2n) is 5.57. The Morgan fingerprint density at radius 3 is 2.64 bits per heavy atom. The van der Waals surface area contributed by atoms with E-state index >= 15 is 0 Å². The molecule has 124 valence electrons. The number of nitrogens with one attached hydrogen (secondary N) is 2. The second-order valence-corrected chi connectivity index (χ2v) is 5.80. The van der Waals surface area contributed by atoms with E-state index in [1.54, 1.807) is 13.3 Å². The molecule has 1 aromatic carbocycles. The van der Waals surface area contributed by atoms with Crippen molar-refractivity contribution in [2.75, 3.05) is 11.8 Å². The number of methoxy groups -OCH3 is 1. The van der Waals surface area contributed by atoms with Crippen LogP contribution in [-0.2, 0) is 0 Å². The van der Waals surface area contributed by atoms with Gasteiger partial charge in [-0.3, -0.25) is 0 Å². The van der Waals surface area contributed by atoms with Crippen molar-refractivity contribution in [2.24, 2.45) is 0 Å². The van der Waals surface area contributed by atoms with Crippen LogP contribution >= 0.6 is 12.8 Å². The Kier molecular flexibility index (Phi) is 4.03. The number of H-pyrrole nitrogens is 1. The summed E-state index contributed by atoms with van der Waals surface area (Å²) in [5.74, 6) is 0.595. The molecule has 6 heteroatoms. The van der Waals surface area contributed by atoms with E-state index < -0.39 is 0 Å². The molecule has 0 unspecified atom stereocenters. The Balaban J connectivity index is 1.85. The largest absolute Gasteiger partial charge is 0.481 e. The minimum absolute atomic E-state index is 0.595. The van der Waals surface area contributed by atoms with Gasteiger partial charge in [0.15, 0.2) is 0 Å². The van der Waals surface area contributed by atoms with E-state index in [1.807, 2.05) is 48.8 Å². The summed E-state index contributed by atoms with van der Waals surface area (Å²) in [6, 6.07) is 14.1. The third-order valence-electron chi connectivity index (χ3n) is 4.13. The van der Waals surface area contributed by atoms with Gasteiger partial charge >= 0.3 is 0 Å². The summed E-state index contributed by atoms with van der Waals surface area (Å²) < 4.78 is 8.23. The summed E-state index contributed by atoms with van der Waals surface area (Å²) >= 11 is 4.06. The van der Waals surface area contributed by atoms with Crippen molar-refractivity contribution in [3.8, 4) is 28.1 Å². The average molecular weight is 348 g/mol. The van der Waals surface area contributed by atoms with Gasteiger partial charge in [-0.25, -0.2) is 9.97 Å². The first-order valence-electron chi connectivity index (χ1n) is 7.77. The molecule has 0 fully saturated rings. The first-order valence-corrected chi connectivity index (χ1v) is 8.22. The molecule has 3 aromatic heterocycles. The number of hydrogen-bond donors (Lipinski definition) is 3. The molecule has 0 radical (unpaired) electrons. The van der Waals surface area contributed by atoms with E-state index in [9.17, 15) is 0 Å². The van der Waals surface area contributed by atoms with Gasteiger partial charge in [0, 0.05) is 46.4 Å². The minimum atomic E-state index is 0.595. The molecule has 0 aliphatic carbocycles. The van der Waals surface area contributed by atoms with Crippen LogP contribution < -0.4 is 9.46 Å². The number of aromatic amines is 1. The maximum atomic E-state index is 5.40. The van der Waals surface area contributed by atoms with Gasteiger partial charge in [-0.15, -0.1) is 0 Å². The third-order valence-corrected chi connectivity index (χ3v) is 4.39. The van der Waals surface area contributed by atoms with E-state index in [0.29, 0.717) is 5.88 Å². The Bertz CT molecular complexity index is 1030. The molecular formula is C19H16N4OS. The number of ether oxygens (including phenoxy) is 1. The van der Waals surface area contributed by atoms with Crippen LogP contribution in [0.5, 0.6) is 5.88 Å². The van der Waals surface area contributed by atoms with Crippen molar-refractivity contribution >= 4 is 29.5 Å². The van der Waals surface area contributed by atoms with Gasteiger partial charge in [0.25, 0.3) is 0 Å². The topological polar surface area (TPSA) is 62.8 Å². The van der Waals surface area contributed by atoms with Crippen LogP contribution in [0.2, 0.25) is 0 Å². The van der Waals surface area contributed by atoms with Crippen molar-refractivity contribution in [3.63, 3.8) is 0 Å². The molecule has 0 aliphatic rings. The number of nitrogens with zero attached hydrogens (tertiary/aromatic N) is 2. The predicted molar refractivity (Wildman–Crippen MR) is 104 cm³/mol. The van der Waals surface area contributed by atoms with E-state index in [2.05, 4.69) is 38.6 Å². The summed E-state index contributed by atoms with van der Waals surface area (Å²) in [4.78, 5) is 12.1. The number of anilines is 1. The van der Waals surface area contributed by atoms with Crippen LogP contribution in [0, 0.1) is 0 Å². The van der Waals surface area contributed by atoms with Gasteiger partial charge in [-0.05, 0) is 35.9 Å². The fraction of sp³-hybridized carbons (Fsp3) is 0.0526. The standard InChI is InChI=1S/C19H16N4OS/c1-24-19-15(3-2-8-20-19)17-11-22-18-16(17)9-13(10-21-18)12-4-6-14(23-25)7-5-12/h2-11,23,25H,1H3,(H,21,22). The van der Waals surface area contributed by atoms with Crippen molar-refractivity contribution in [1.82, 2.24) is 15.0 Å². The normalized spacial score (nSPS) is 10.8. The number of hydrogen-bond acceptors (Lipinski definition) is 5. The zero-order chi connectivity index (χ0) is 17.2. The molecule has 0 atom stereocenters. The fourth-order valence-corrected chi connectivity index (χ4v) is 3.03. The number of benzene rings is 1. The summed E-state index contributed by atoms with van der Waals surface area (Å²) in [6.07, 6.45) is 5.53. The average Bonchev–Trinajstić information content (AvgIpc) is 3.11. The molecule has 0 amide bonds. The van der Waals surface area contributed by atoms with Crippen LogP contribution in [0.4, 0.5) is 5.69 Å². The van der Waals surface area contributed by atoms with Gasteiger partial charge < -0.3 is 14.4 Å². The number of aromatic nitrogens is 3. The highest BCUT2D eigenvalue weighted by Gasteiger charge is 2.13. The quantitative estimate of drug-likeness (QED) is 0.473. The smallest absolute Gasteiger partial charge is 0.221 e. The van der Waals surface area contributed by atoms with Crippen LogP contribution in [0.1, 0.15) is 0 Å².